The normalized spacial score (nSPS) is 37.5. The first kappa shape index (κ1) is 10.9. The molecular weight excluding hydrogens is 190 g/mol. The Balaban J connectivity index is 1.98. The monoisotopic (exact) mass is 211 g/mol. The summed E-state index contributed by atoms with van der Waals surface area (Å²) in [5, 5.41) is 0. The van der Waals surface area contributed by atoms with Crippen LogP contribution in [0.5, 0.6) is 0 Å². The standard InChI is InChI=1S/C11H21N3O/c1-8(12)10(15)14-5-4-11(7-14)3-2-9(13)6-11/h8-9H,2-7,12-13H2,1H3/t8-,9+,11+/m0/s1. The lowest BCUT2D eigenvalue weighted by molar-refractivity contribution is -0.131. The number of hydrogen-bond acceptors (Lipinski definition) is 3. The highest BCUT2D eigenvalue weighted by Gasteiger charge is 2.44. The van der Waals surface area contributed by atoms with Gasteiger partial charge >= 0.3 is 0 Å². The molecule has 0 bridgehead atoms. The van der Waals surface area contributed by atoms with E-state index in [1.165, 1.54) is 6.42 Å². The van der Waals surface area contributed by atoms with E-state index in [4.69, 9.17) is 11.5 Å². The second-order valence-corrected chi connectivity index (χ2v) is 5.30. The molecule has 4 nitrogen and oxygen atoms in total. The highest BCUT2D eigenvalue weighted by molar-refractivity contribution is 5.81. The van der Waals surface area contributed by atoms with Gasteiger partial charge in [0.1, 0.15) is 0 Å². The Morgan fingerprint density at radius 1 is 1.53 bits per heavy atom. The van der Waals surface area contributed by atoms with Gasteiger partial charge in [-0.2, -0.15) is 0 Å². The second-order valence-electron chi connectivity index (χ2n) is 5.30. The molecule has 0 aromatic carbocycles. The van der Waals surface area contributed by atoms with Crippen molar-refractivity contribution in [2.45, 2.75) is 44.7 Å². The first-order chi connectivity index (χ1) is 7.02. The van der Waals surface area contributed by atoms with Crippen LogP contribution >= 0.6 is 0 Å². The van der Waals surface area contributed by atoms with Crippen LogP contribution in [0.15, 0.2) is 0 Å². The largest absolute Gasteiger partial charge is 0.341 e. The van der Waals surface area contributed by atoms with E-state index in [1.807, 2.05) is 4.90 Å². The van der Waals surface area contributed by atoms with Crippen LogP contribution in [0.2, 0.25) is 0 Å². The van der Waals surface area contributed by atoms with E-state index in [1.54, 1.807) is 6.92 Å². The minimum Gasteiger partial charge on any atom is -0.341 e. The Morgan fingerprint density at radius 2 is 2.27 bits per heavy atom. The van der Waals surface area contributed by atoms with Crippen molar-refractivity contribution in [3.63, 3.8) is 0 Å². The smallest absolute Gasteiger partial charge is 0.239 e. The van der Waals surface area contributed by atoms with Gasteiger partial charge in [-0.25, -0.2) is 0 Å². The summed E-state index contributed by atoms with van der Waals surface area (Å²) in [6, 6.07) is -0.0226. The predicted octanol–water partition coefficient (Wildman–Crippen LogP) is 0.0635. The third-order valence-corrected chi connectivity index (χ3v) is 3.88. The lowest BCUT2D eigenvalue weighted by Gasteiger charge is -2.24. The molecule has 4 heteroatoms. The zero-order valence-electron chi connectivity index (χ0n) is 9.41. The van der Waals surface area contributed by atoms with Gasteiger partial charge in [-0.05, 0) is 38.0 Å². The molecule has 2 rings (SSSR count). The Bertz CT molecular complexity index is 267. The summed E-state index contributed by atoms with van der Waals surface area (Å²) in [6.07, 6.45) is 4.48. The van der Waals surface area contributed by atoms with Crippen LogP contribution in [0, 0.1) is 5.41 Å². The molecule has 0 aromatic heterocycles. The highest BCUT2D eigenvalue weighted by Crippen LogP contribution is 2.44. The topological polar surface area (TPSA) is 72.4 Å². The number of hydrogen-bond donors (Lipinski definition) is 2. The molecule has 1 aliphatic heterocycles. The van der Waals surface area contributed by atoms with Crippen molar-refractivity contribution >= 4 is 5.91 Å². The quantitative estimate of drug-likeness (QED) is 0.644. The van der Waals surface area contributed by atoms with Gasteiger partial charge in [0.05, 0.1) is 6.04 Å². The predicted molar refractivity (Wildman–Crippen MR) is 59.1 cm³/mol. The Morgan fingerprint density at radius 3 is 2.80 bits per heavy atom. The Labute approximate surface area is 91.0 Å². The SMILES string of the molecule is C[C@H](N)C(=O)N1CC[C@@]2(CC[C@@H](N)C2)C1. The van der Waals surface area contributed by atoms with Crippen LogP contribution in [-0.4, -0.2) is 36.0 Å². The van der Waals surface area contributed by atoms with Crippen molar-refractivity contribution in [2.75, 3.05) is 13.1 Å². The molecule has 1 saturated carbocycles. The molecule has 15 heavy (non-hydrogen) atoms. The molecule has 0 unspecified atom stereocenters. The maximum Gasteiger partial charge on any atom is 0.239 e. The summed E-state index contributed by atoms with van der Waals surface area (Å²) in [5.41, 5.74) is 11.9. The van der Waals surface area contributed by atoms with Gasteiger partial charge < -0.3 is 16.4 Å². The van der Waals surface area contributed by atoms with Crippen LogP contribution < -0.4 is 11.5 Å². The van der Waals surface area contributed by atoms with Crippen molar-refractivity contribution < 1.29 is 4.79 Å². The van der Waals surface area contributed by atoms with E-state index >= 15 is 0 Å². The van der Waals surface area contributed by atoms with E-state index in [0.29, 0.717) is 11.5 Å². The first-order valence-corrected chi connectivity index (χ1v) is 5.82. The maximum atomic E-state index is 11.7. The van der Waals surface area contributed by atoms with Crippen LogP contribution in [0.1, 0.15) is 32.6 Å². The number of nitrogens with zero attached hydrogens (tertiary/aromatic N) is 1. The molecule has 2 aliphatic rings. The van der Waals surface area contributed by atoms with Crippen LogP contribution in [0.4, 0.5) is 0 Å². The minimum absolute atomic E-state index is 0.0901. The second kappa shape index (κ2) is 3.76. The molecule has 0 radical (unpaired) electrons. The summed E-state index contributed by atoms with van der Waals surface area (Å²) in [5.74, 6) is 0.0901. The molecule has 2 fully saturated rings. The van der Waals surface area contributed by atoms with Crippen molar-refractivity contribution in [1.82, 2.24) is 4.90 Å². The van der Waals surface area contributed by atoms with Crippen LogP contribution in [0.3, 0.4) is 0 Å². The zero-order valence-corrected chi connectivity index (χ0v) is 9.41. The lowest BCUT2D eigenvalue weighted by atomic mass is 9.85. The molecule has 86 valence electrons. The molecule has 0 aromatic rings. The average molecular weight is 211 g/mol. The first-order valence-electron chi connectivity index (χ1n) is 5.82. The van der Waals surface area contributed by atoms with E-state index in [-0.39, 0.29) is 11.9 Å². The van der Waals surface area contributed by atoms with Gasteiger partial charge in [-0.3, -0.25) is 4.79 Å². The summed E-state index contributed by atoms with van der Waals surface area (Å²) >= 11 is 0. The molecule has 1 saturated heterocycles. The van der Waals surface area contributed by atoms with Gasteiger partial charge in [-0.15, -0.1) is 0 Å². The third-order valence-electron chi connectivity index (χ3n) is 3.88. The minimum atomic E-state index is -0.366. The number of amides is 1. The van der Waals surface area contributed by atoms with Crippen LogP contribution in [0.25, 0.3) is 0 Å². The van der Waals surface area contributed by atoms with Gasteiger partial charge in [0.15, 0.2) is 0 Å². The van der Waals surface area contributed by atoms with Crippen molar-refractivity contribution in [2.24, 2.45) is 16.9 Å². The number of likely N-dealkylation sites (tertiary alicyclic amines) is 1. The molecule has 3 atom stereocenters. The summed E-state index contributed by atoms with van der Waals surface area (Å²) < 4.78 is 0. The average Bonchev–Trinajstić information content (AvgIpc) is 2.74. The summed E-state index contributed by atoms with van der Waals surface area (Å²) in [7, 11) is 0. The number of nitrogens with two attached hydrogens (primary N) is 2. The molecule has 4 N–H and O–H groups in total. The maximum absolute atomic E-state index is 11.7. The Hall–Kier alpha value is -0.610. The van der Waals surface area contributed by atoms with Gasteiger partial charge in [0, 0.05) is 19.1 Å². The lowest BCUT2D eigenvalue weighted by Crippen LogP contribution is -2.41. The van der Waals surface area contributed by atoms with Gasteiger partial charge in [0.2, 0.25) is 5.91 Å². The van der Waals surface area contributed by atoms with Crippen molar-refractivity contribution in [3.8, 4) is 0 Å². The fourth-order valence-corrected chi connectivity index (χ4v) is 3.03. The van der Waals surface area contributed by atoms with Crippen LogP contribution in [-0.2, 0) is 4.79 Å². The van der Waals surface area contributed by atoms with Crippen molar-refractivity contribution in [3.05, 3.63) is 0 Å². The summed E-state index contributed by atoms with van der Waals surface area (Å²) in [4.78, 5) is 13.7. The highest BCUT2D eigenvalue weighted by atomic mass is 16.2. The molecule has 1 heterocycles. The molecule has 1 amide bonds. The zero-order chi connectivity index (χ0) is 11.1. The van der Waals surface area contributed by atoms with E-state index in [9.17, 15) is 4.79 Å². The third kappa shape index (κ3) is 2.01. The fourth-order valence-electron chi connectivity index (χ4n) is 3.03. The van der Waals surface area contributed by atoms with Crippen molar-refractivity contribution in [1.29, 1.82) is 0 Å². The number of carbonyl (C=O) groups is 1. The van der Waals surface area contributed by atoms with Gasteiger partial charge in [0.25, 0.3) is 0 Å². The molecule has 1 spiro atoms. The van der Waals surface area contributed by atoms with E-state index in [0.717, 1.165) is 32.4 Å². The summed E-state index contributed by atoms with van der Waals surface area (Å²) in [6.45, 7) is 3.50. The van der Waals surface area contributed by atoms with E-state index in [2.05, 4.69) is 0 Å². The van der Waals surface area contributed by atoms with E-state index < -0.39 is 0 Å². The molecular formula is C11H21N3O. The fraction of sp³-hybridized carbons (Fsp3) is 0.909. The Kier molecular flexibility index (Phi) is 2.73. The molecule has 1 aliphatic carbocycles. The number of carbonyl (C=O) groups excluding carboxylic acids is 1. The number of rotatable bonds is 1. The van der Waals surface area contributed by atoms with Gasteiger partial charge in [-0.1, -0.05) is 0 Å².